The van der Waals surface area contributed by atoms with Crippen LogP contribution in [0.3, 0.4) is 0 Å². The minimum atomic E-state index is -0.677. The summed E-state index contributed by atoms with van der Waals surface area (Å²) in [7, 11) is 0. The maximum atomic E-state index is 13.3. The van der Waals surface area contributed by atoms with E-state index in [1.165, 1.54) is 12.1 Å². The monoisotopic (exact) mass is 421 g/mol. The predicted octanol–water partition coefficient (Wildman–Crippen LogP) is 5.67. The third-order valence-electron chi connectivity index (χ3n) is 4.23. The van der Waals surface area contributed by atoms with Gasteiger partial charge in [-0.05, 0) is 74.4 Å². The highest BCUT2D eigenvalue weighted by atomic mass is 19.1. The second kappa shape index (κ2) is 8.87. The molecule has 0 aliphatic rings. The zero-order valence-electron chi connectivity index (χ0n) is 17.5. The highest BCUT2D eigenvalue weighted by molar-refractivity contribution is 6.07. The molecule has 7 heteroatoms. The van der Waals surface area contributed by atoms with Crippen LogP contribution in [-0.4, -0.2) is 17.6 Å². The Bertz CT molecular complexity index is 1110. The van der Waals surface area contributed by atoms with E-state index in [2.05, 4.69) is 10.6 Å². The Balaban J connectivity index is 1.94. The molecule has 6 nitrogen and oxygen atoms in total. The van der Waals surface area contributed by atoms with Crippen molar-refractivity contribution in [2.45, 2.75) is 26.4 Å². The molecule has 4 N–H and O–H groups in total. The van der Waals surface area contributed by atoms with Crippen molar-refractivity contribution in [1.82, 2.24) is 0 Å². The SMILES string of the molecule is CC(C)(C)OC(=O)Nc1ccc(-c2ccc(F)cc2)cc1NC(=O)c1cccc(N)c1. The number of hydrogen-bond donors (Lipinski definition) is 3. The van der Waals surface area contributed by atoms with E-state index in [0.29, 0.717) is 22.6 Å². The molecule has 0 aliphatic carbocycles. The molecular weight excluding hydrogens is 397 g/mol. The molecule has 3 aromatic rings. The van der Waals surface area contributed by atoms with Gasteiger partial charge in [-0.3, -0.25) is 10.1 Å². The molecule has 0 aliphatic heterocycles. The van der Waals surface area contributed by atoms with E-state index in [0.717, 1.165) is 11.1 Å². The topological polar surface area (TPSA) is 93.5 Å². The number of anilines is 3. The largest absolute Gasteiger partial charge is 0.444 e. The Labute approximate surface area is 180 Å². The second-order valence-corrected chi connectivity index (χ2v) is 7.97. The highest BCUT2D eigenvalue weighted by Gasteiger charge is 2.18. The van der Waals surface area contributed by atoms with Gasteiger partial charge in [0.15, 0.2) is 0 Å². The molecule has 0 atom stereocenters. The van der Waals surface area contributed by atoms with Gasteiger partial charge in [0.25, 0.3) is 5.91 Å². The summed E-state index contributed by atoms with van der Waals surface area (Å²) >= 11 is 0. The first-order valence-corrected chi connectivity index (χ1v) is 9.67. The lowest BCUT2D eigenvalue weighted by Crippen LogP contribution is -2.27. The molecule has 0 radical (unpaired) electrons. The third kappa shape index (κ3) is 6.05. The molecule has 0 spiro atoms. The molecule has 2 amide bonds. The molecule has 0 unspecified atom stereocenters. The van der Waals surface area contributed by atoms with E-state index in [-0.39, 0.29) is 5.82 Å². The maximum Gasteiger partial charge on any atom is 0.412 e. The van der Waals surface area contributed by atoms with Crippen molar-refractivity contribution in [3.05, 3.63) is 78.1 Å². The number of nitrogens with one attached hydrogen (secondary N) is 2. The van der Waals surface area contributed by atoms with Crippen LogP contribution in [-0.2, 0) is 4.74 Å². The van der Waals surface area contributed by atoms with Crippen LogP contribution < -0.4 is 16.4 Å². The number of nitrogen functional groups attached to an aromatic ring is 1. The average Bonchev–Trinajstić information content (AvgIpc) is 2.68. The molecule has 3 aromatic carbocycles. The Morgan fingerprint density at radius 1 is 0.871 bits per heavy atom. The molecular formula is C24H24FN3O3. The van der Waals surface area contributed by atoms with Gasteiger partial charge in [-0.2, -0.15) is 0 Å². The lowest BCUT2D eigenvalue weighted by Gasteiger charge is -2.21. The fourth-order valence-corrected chi connectivity index (χ4v) is 2.87. The number of amides is 2. The lowest BCUT2D eigenvalue weighted by molar-refractivity contribution is 0.0635. The van der Waals surface area contributed by atoms with E-state index in [4.69, 9.17) is 10.5 Å². The summed E-state index contributed by atoms with van der Waals surface area (Å²) in [5, 5.41) is 5.47. The molecule has 160 valence electrons. The van der Waals surface area contributed by atoms with Gasteiger partial charge >= 0.3 is 6.09 Å². The number of nitrogens with two attached hydrogens (primary N) is 1. The summed E-state index contributed by atoms with van der Waals surface area (Å²) in [6.45, 7) is 5.27. The van der Waals surface area contributed by atoms with E-state index in [1.54, 1.807) is 75.4 Å². The van der Waals surface area contributed by atoms with Gasteiger partial charge in [-0.25, -0.2) is 9.18 Å². The standard InChI is InChI=1S/C24H24FN3O3/c1-24(2,3)31-23(30)28-20-12-9-16(15-7-10-18(25)11-8-15)14-21(20)27-22(29)17-5-4-6-19(26)13-17/h4-14H,26H2,1-3H3,(H,27,29)(H,28,30). The van der Waals surface area contributed by atoms with Gasteiger partial charge in [0.1, 0.15) is 11.4 Å². The van der Waals surface area contributed by atoms with Crippen LogP contribution in [0.25, 0.3) is 11.1 Å². The smallest absolute Gasteiger partial charge is 0.412 e. The fourth-order valence-electron chi connectivity index (χ4n) is 2.87. The number of hydrogen-bond acceptors (Lipinski definition) is 4. The number of carbonyl (C=O) groups excluding carboxylic acids is 2. The second-order valence-electron chi connectivity index (χ2n) is 7.97. The van der Waals surface area contributed by atoms with Crippen LogP contribution in [0.2, 0.25) is 0 Å². The van der Waals surface area contributed by atoms with E-state index < -0.39 is 17.6 Å². The summed E-state index contributed by atoms with van der Waals surface area (Å²) < 4.78 is 18.6. The molecule has 0 bridgehead atoms. The highest BCUT2D eigenvalue weighted by Crippen LogP contribution is 2.30. The minimum Gasteiger partial charge on any atom is -0.444 e. The summed E-state index contributed by atoms with van der Waals surface area (Å²) in [4.78, 5) is 25.0. The summed E-state index contributed by atoms with van der Waals surface area (Å²) in [6, 6.07) is 17.6. The van der Waals surface area contributed by atoms with Gasteiger partial charge in [0.2, 0.25) is 0 Å². The zero-order chi connectivity index (χ0) is 22.6. The molecule has 0 heterocycles. The van der Waals surface area contributed by atoms with Crippen molar-refractivity contribution in [3.8, 4) is 11.1 Å². The van der Waals surface area contributed by atoms with Crippen molar-refractivity contribution < 1.29 is 18.7 Å². The van der Waals surface area contributed by atoms with Crippen LogP contribution in [0, 0.1) is 5.82 Å². The van der Waals surface area contributed by atoms with Gasteiger partial charge in [0, 0.05) is 11.3 Å². The van der Waals surface area contributed by atoms with Crippen LogP contribution in [0.5, 0.6) is 0 Å². The van der Waals surface area contributed by atoms with Crippen LogP contribution in [0.1, 0.15) is 31.1 Å². The first-order chi connectivity index (χ1) is 14.6. The Morgan fingerprint density at radius 2 is 1.55 bits per heavy atom. The lowest BCUT2D eigenvalue weighted by atomic mass is 10.0. The minimum absolute atomic E-state index is 0.345. The summed E-state index contributed by atoms with van der Waals surface area (Å²) in [5.74, 6) is -0.738. The molecule has 0 saturated carbocycles. The molecule has 31 heavy (non-hydrogen) atoms. The van der Waals surface area contributed by atoms with Crippen LogP contribution >= 0.6 is 0 Å². The molecule has 0 saturated heterocycles. The molecule has 0 aromatic heterocycles. The van der Waals surface area contributed by atoms with Gasteiger partial charge in [-0.15, -0.1) is 0 Å². The molecule has 0 fully saturated rings. The Hall–Kier alpha value is -3.87. The van der Waals surface area contributed by atoms with Crippen molar-refractivity contribution >= 4 is 29.1 Å². The van der Waals surface area contributed by atoms with Crippen LogP contribution in [0.4, 0.5) is 26.2 Å². The zero-order valence-corrected chi connectivity index (χ0v) is 17.5. The van der Waals surface area contributed by atoms with E-state index >= 15 is 0 Å². The number of halogens is 1. The number of carbonyl (C=O) groups is 2. The van der Waals surface area contributed by atoms with Crippen molar-refractivity contribution in [1.29, 1.82) is 0 Å². The van der Waals surface area contributed by atoms with Crippen molar-refractivity contribution in [3.63, 3.8) is 0 Å². The van der Waals surface area contributed by atoms with E-state index in [1.807, 2.05) is 0 Å². The third-order valence-corrected chi connectivity index (χ3v) is 4.23. The van der Waals surface area contributed by atoms with Gasteiger partial charge in [-0.1, -0.05) is 24.3 Å². The summed E-state index contributed by atoms with van der Waals surface area (Å²) in [5.41, 5.74) is 8.13. The number of ether oxygens (including phenoxy) is 1. The fraction of sp³-hybridized carbons (Fsp3) is 0.167. The Morgan fingerprint density at radius 3 is 2.19 bits per heavy atom. The van der Waals surface area contributed by atoms with Crippen LogP contribution in [0.15, 0.2) is 66.7 Å². The normalized spacial score (nSPS) is 11.0. The number of benzene rings is 3. The van der Waals surface area contributed by atoms with Crippen molar-refractivity contribution in [2.24, 2.45) is 0 Å². The van der Waals surface area contributed by atoms with Gasteiger partial charge < -0.3 is 15.8 Å². The first kappa shape index (κ1) is 21.8. The molecule has 3 rings (SSSR count). The van der Waals surface area contributed by atoms with E-state index in [9.17, 15) is 14.0 Å². The predicted molar refractivity (Wildman–Crippen MR) is 121 cm³/mol. The van der Waals surface area contributed by atoms with Crippen molar-refractivity contribution in [2.75, 3.05) is 16.4 Å². The maximum absolute atomic E-state index is 13.3. The quantitative estimate of drug-likeness (QED) is 0.473. The number of rotatable bonds is 4. The summed E-state index contributed by atoms with van der Waals surface area (Å²) in [6.07, 6.45) is -0.651. The van der Waals surface area contributed by atoms with Gasteiger partial charge in [0.05, 0.1) is 11.4 Å². The average molecular weight is 421 g/mol. The Kier molecular flexibility index (Phi) is 6.25. The first-order valence-electron chi connectivity index (χ1n) is 9.67.